The van der Waals surface area contributed by atoms with Crippen molar-refractivity contribution in [3.63, 3.8) is 0 Å². The van der Waals surface area contributed by atoms with Crippen molar-refractivity contribution in [3.8, 4) is 11.5 Å². The summed E-state index contributed by atoms with van der Waals surface area (Å²) in [5.74, 6) is 1.42. The number of fused-ring (bicyclic) bond motifs is 7. The number of rotatable bonds is 6. The van der Waals surface area contributed by atoms with E-state index >= 15 is 0 Å². The van der Waals surface area contributed by atoms with Crippen molar-refractivity contribution in [3.05, 3.63) is 42.0 Å². The van der Waals surface area contributed by atoms with Gasteiger partial charge in [-0.25, -0.2) is 4.79 Å². The fourth-order valence-corrected chi connectivity index (χ4v) is 12.8. The normalized spacial score (nSPS) is 42.7. The first kappa shape index (κ1) is 33.2. The third kappa shape index (κ3) is 4.62. The number of esters is 1. The van der Waals surface area contributed by atoms with Gasteiger partial charge in [0.25, 0.3) is 0 Å². The minimum Gasteiger partial charge on any atom is -0.504 e. The molecule has 0 saturated heterocycles. The summed E-state index contributed by atoms with van der Waals surface area (Å²) in [7, 11) is 1.50. The van der Waals surface area contributed by atoms with Gasteiger partial charge < -0.3 is 19.7 Å². The number of aliphatic carboxylic acids is 1. The second-order valence-electron chi connectivity index (χ2n) is 17.2. The zero-order chi connectivity index (χ0) is 33.4. The lowest BCUT2D eigenvalue weighted by atomic mass is 9.32. The highest BCUT2D eigenvalue weighted by molar-refractivity contribution is 5.87. The summed E-state index contributed by atoms with van der Waals surface area (Å²) in [6.07, 6.45) is 13.0. The molecule has 1 aromatic rings. The van der Waals surface area contributed by atoms with Crippen molar-refractivity contribution in [2.24, 2.45) is 56.7 Å². The summed E-state index contributed by atoms with van der Waals surface area (Å²) in [5.41, 5.74) is 1.54. The van der Waals surface area contributed by atoms with Crippen molar-refractivity contribution in [1.29, 1.82) is 0 Å². The minimum absolute atomic E-state index is 0.0618. The number of phenols is 1. The average Bonchev–Trinajstić information content (AvgIpc) is 3.40. The van der Waals surface area contributed by atoms with Gasteiger partial charge in [-0.15, -0.1) is 0 Å². The molecule has 5 aliphatic carbocycles. The Bertz CT molecular complexity index is 1440. The predicted molar refractivity (Wildman–Crippen MR) is 180 cm³/mol. The van der Waals surface area contributed by atoms with Crippen LogP contribution in [-0.2, 0) is 14.3 Å². The van der Waals surface area contributed by atoms with Crippen LogP contribution in [-0.4, -0.2) is 35.4 Å². The zero-order valence-corrected chi connectivity index (χ0v) is 29.2. The van der Waals surface area contributed by atoms with Crippen LogP contribution >= 0.6 is 0 Å². The van der Waals surface area contributed by atoms with Crippen molar-refractivity contribution < 1.29 is 29.3 Å². The monoisotopic (exact) mass is 632 g/mol. The Morgan fingerprint density at radius 1 is 0.913 bits per heavy atom. The van der Waals surface area contributed by atoms with E-state index in [1.807, 2.05) is 0 Å². The van der Waals surface area contributed by atoms with Crippen molar-refractivity contribution >= 4 is 18.0 Å². The fraction of sp³-hybridized carbons (Fsp3) is 0.700. The van der Waals surface area contributed by atoms with Crippen LogP contribution in [0, 0.1) is 56.7 Å². The number of hydrogen-bond donors (Lipinski definition) is 2. The molecule has 46 heavy (non-hydrogen) atoms. The van der Waals surface area contributed by atoms with Gasteiger partial charge in [0, 0.05) is 11.5 Å². The highest BCUT2D eigenvalue weighted by atomic mass is 16.5. The van der Waals surface area contributed by atoms with E-state index in [0.717, 1.165) is 69.8 Å². The Hall–Kier alpha value is -2.76. The quantitative estimate of drug-likeness (QED) is 0.185. The molecule has 0 aromatic heterocycles. The minimum atomic E-state index is -0.592. The Labute approximate surface area is 276 Å². The van der Waals surface area contributed by atoms with Gasteiger partial charge in [-0.2, -0.15) is 0 Å². The lowest BCUT2D eigenvalue weighted by molar-refractivity contribution is -0.250. The highest BCUT2D eigenvalue weighted by Gasteiger charge is 2.72. The second-order valence-corrected chi connectivity index (χ2v) is 17.2. The maximum Gasteiger partial charge on any atom is 0.331 e. The van der Waals surface area contributed by atoms with E-state index in [1.165, 1.54) is 18.8 Å². The van der Waals surface area contributed by atoms with Crippen LogP contribution in [0.5, 0.6) is 11.5 Å². The molecule has 252 valence electrons. The van der Waals surface area contributed by atoms with Gasteiger partial charge >= 0.3 is 11.9 Å². The molecular formula is C40H56O6. The van der Waals surface area contributed by atoms with Crippen LogP contribution in [0.2, 0.25) is 0 Å². The number of carbonyl (C=O) groups is 2. The molecule has 10 atom stereocenters. The Kier molecular flexibility index (Phi) is 8.04. The van der Waals surface area contributed by atoms with E-state index in [-0.39, 0.29) is 45.4 Å². The van der Waals surface area contributed by atoms with E-state index in [9.17, 15) is 19.8 Å². The molecular weight excluding hydrogens is 576 g/mol. The topological polar surface area (TPSA) is 93.1 Å². The van der Waals surface area contributed by atoms with Crippen LogP contribution in [0.1, 0.15) is 111 Å². The Morgan fingerprint density at radius 3 is 2.33 bits per heavy atom. The number of benzene rings is 1. The number of methoxy groups -OCH3 is 1. The molecule has 5 aliphatic rings. The smallest absolute Gasteiger partial charge is 0.331 e. The molecule has 0 heterocycles. The van der Waals surface area contributed by atoms with Gasteiger partial charge in [0.2, 0.25) is 0 Å². The highest BCUT2D eigenvalue weighted by Crippen LogP contribution is 2.77. The number of phenolic OH excluding ortho intramolecular Hbond substituents is 1. The third-order valence-corrected chi connectivity index (χ3v) is 15.3. The molecule has 5 fully saturated rings. The van der Waals surface area contributed by atoms with E-state index in [0.29, 0.717) is 29.4 Å². The lowest BCUT2D eigenvalue weighted by Gasteiger charge is -2.72. The first-order valence-corrected chi connectivity index (χ1v) is 17.7. The number of hydrogen-bond acceptors (Lipinski definition) is 5. The molecule has 0 bridgehead atoms. The number of carbonyl (C=O) groups excluding carboxylic acids is 1. The average molecular weight is 633 g/mol. The SMILES string of the molecule is C=C(C)[C@@H]1CC[C@]2(C(=O)O)CC[C@]3(C)[C@@H](CC[C@@H]4[C@@]5(C)CC[C@@H](OC(=O)/C=C/c6ccc(O)c(OC)c6)C(C)(C)[C@H]5CC[C@]43C)[C@@H]12. The maximum absolute atomic E-state index is 13.1. The van der Waals surface area contributed by atoms with Crippen molar-refractivity contribution in [2.75, 3.05) is 7.11 Å². The van der Waals surface area contributed by atoms with Crippen LogP contribution in [0.15, 0.2) is 36.4 Å². The molecule has 1 aromatic carbocycles. The summed E-state index contributed by atoms with van der Waals surface area (Å²) in [6.45, 7) is 18.8. The summed E-state index contributed by atoms with van der Waals surface area (Å²) in [5, 5.41) is 20.5. The first-order valence-electron chi connectivity index (χ1n) is 17.7. The molecule has 2 N–H and O–H groups in total. The van der Waals surface area contributed by atoms with Crippen LogP contribution in [0.3, 0.4) is 0 Å². The van der Waals surface area contributed by atoms with E-state index in [1.54, 1.807) is 24.3 Å². The van der Waals surface area contributed by atoms with Crippen LogP contribution in [0.25, 0.3) is 6.08 Å². The van der Waals surface area contributed by atoms with Gasteiger partial charge in [0.05, 0.1) is 12.5 Å². The Morgan fingerprint density at radius 2 is 1.65 bits per heavy atom. The van der Waals surface area contributed by atoms with Crippen LogP contribution < -0.4 is 4.74 Å². The number of allylic oxidation sites excluding steroid dienone is 1. The van der Waals surface area contributed by atoms with E-state index in [4.69, 9.17) is 9.47 Å². The van der Waals surface area contributed by atoms with Crippen molar-refractivity contribution in [1.82, 2.24) is 0 Å². The number of carboxylic acids is 1. The number of aromatic hydroxyl groups is 1. The summed E-state index contributed by atoms with van der Waals surface area (Å²) in [6, 6.07) is 5.00. The molecule has 0 amide bonds. The molecule has 6 nitrogen and oxygen atoms in total. The van der Waals surface area contributed by atoms with Gasteiger partial charge in [0.15, 0.2) is 11.5 Å². The van der Waals surface area contributed by atoms with Gasteiger partial charge in [0.1, 0.15) is 6.10 Å². The Balaban J connectivity index is 1.23. The zero-order valence-electron chi connectivity index (χ0n) is 29.2. The maximum atomic E-state index is 13.1. The molecule has 6 heteroatoms. The second kappa shape index (κ2) is 11.2. The van der Waals surface area contributed by atoms with Gasteiger partial charge in [-0.3, -0.25) is 4.79 Å². The first-order chi connectivity index (χ1) is 21.5. The summed E-state index contributed by atoms with van der Waals surface area (Å²) < 4.78 is 11.4. The van der Waals surface area contributed by atoms with Crippen LogP contribution in [0.4, 0.5) is 0 Å². The van der Waals surface area contributed by atoms with Gasteiger partial charge in [-0.1, -0.05) is 52.8 Å². The summed E-state index contributed by atoms with van der Waals surface area (Å²) >= 11 is 0. The molecule has 0 spiro atoms. The summed E-state index contributed by atoms with van der Waals surface area (Å²) in [4.78, 5) is 26.1. The lowest BCUT2D eigenvalue weighted by Crippen LogP contribution is -2.67. The number of carboxylic acid groups (broad SMARTS) is 1. The molecule has 0 radical (unpaired) electrons. The van der Waals surface area contributed by atoms with E-state index < -0.39 is 11.4 Å². The van der Waals surface area contributed by atoms with Crippen molar-refractivity contribution in [2.45, 2.75) is 112 Å². The molecule has 0 unspecified atom stereocenters. The van der Waals surface area contributed by atoms with E-state index in [2.05, 4.69) is 48.1 Å². The molecule has 0 aliphatic heterocycles. The largest absolute Gasteiger partial charge is 0.504 e. The predicted octanol–water partition coefficient (Wildman–Crippen LogP) is 9.07. The number of ether oxygens (including phenoxy) is 2. The molecule has 5 saturated carbocycles. The van der Waals surface area contributed by atoms with Gasteiger partial charge in [-0.05, 0) is 141 Å². The standard InChI is InChI=1S/C40H56O6/c1-24(2)26-15-20-40(35(43)44)22-21-38(6)27(34(26)40)11-13-31-37(5)18-17-32(36(3,4)30(37)16-19-39(31,38)7)46-33(42)14-10-25-9-12-28(41)29(23-25)45-8/h9-10,12,14,23,26-27,30-32,34,41H,1,11,13,15-22H2,2-8H3,(H,43,44)/b14-10+/t26-,27-,30+,31+,32+,34+,37-,38+,39+,40-/m0/s1. The fourth-order valence-electron chi connectivity index (χ4n) is 12.8. The molecule has 6 rings (SSSR count). The third-order valence-electron chi connectivity index (χ3n) is 15.3.